The summed E-state index contributed by atoms with van der Waals surface area (Å²) in [5.74, 6) is -0.280. The Labute approximate surface area is 141 Å². The first-order chi connectivity index (χ1) is 11.4. The van der Waals surface area contributed by atoms with Gasteiger partial charge in [-0.15, -0.1) is 0 Å². The summed E-state index contributed by atoms with van der Waals surface area (Å²) in [7, 11) is -3.46. The lowest BCUT2D eigenvalue weighted by Crippen LogP contribution is -2.37. The molecule has 0 saturated carbocycles. The number of aryl methyl sites for hydroxylation is 1. The highest BCUT2D eigenvalue weighted by Gasteiger charge is 2.28. The van der Waals surface area contributed by atoms with Crippen molar-refractivity contribution >= 4 is 26.9 Å². The van der Waals surface area contributed by atoms with Crippen molar-refractivity contribution in [1.82, 2.24) is 8.87 Å². The monoisotopic (exact) mass is 350 g/mol. The highest BCUT2D eigenvalue weighted by Crippen LogP contribution is 2.26. The number of carboxylic acids is 1. The number of aromatic nitrogens is 1. The fourth-order valence-corrected chi connectivity index (χ4v) is 4.63. The van der Waals surface area contributed by atoms with Gasteiger partial charge in [-0.2, -0.15) is 4.31 Å². The van der Waals surface area contributed by atoms with E-state index in [0.717, 1.165) is 23.7 Å². The SMILES string of the molecule is CC1CCN(S(=O)(=O)c2ccc3c(ccn3CCC(=O)O)c2)CC1. The van der Waals surface area contributed by atoms with E-state index < -0.39 is 16.0 Å². The third-order valence-electron chi connectivity index (χ3n) is 4.69. The maximum Gasteiger partial charge on any atom is 0.305 e. The first kappa shape index (κ1) is 17.0. The van der Waals surface area contributed by atoms with Crippen molar-refractivity contribution in [3.8, 4) is 0 Å². The summed E-state index contributed by atoms with van der Waals surface area (Å²) in [4.78, 5) is 11.0. The van der Waals surface area contributed by atoms with Gasteiger partial charge >= 0.3 is 5.97 Å². The minimum absolute atomic E-state index is 0.0375. The molecule has 1 aromatic carbocycles. The Kier molecular flexibility index (Phi) is 4.64. The van der Waals surface area contributed by atoms with Gasteiger partial charge in [0.1, 0.15) is 0 Å². The largest absolute Gasteiger partial charge is 0.481 e. The highest BCUT2D eigenvalue weighted by molar-refractivity contribution is 7.89. The van der Waals surface area contributed by atoms with Crippen molar-refractivity contribution in [2.45, 2.75) is 37.6 Å². The van der Waals surface area contributed by atoms with Crippen molar-refractivity contribution in [2.24, 2.45) is 5.92 Å². The van der Waals surface area contributed by atoms with E-state index in [2.05, 4.69) is 6.92 Å². The molecule has 0 unspecified atom stereocenters. The molecular formula is C17H22N2O4S. The van der Waals surface area contributed by atoms with Crippen LogP contribution < -0.4 is 0 Å². The number of nitrogens with zero attached hydrogens (tertiary/aromatic N) is 2. The highest BCUT2D eigenvalue weighted by atomic mass is 32.2. The Hall–Kier alpha value is -1.86. The van der Waals surface area contributed by atoms with E-state index in [1.54, 1.807) is 28.7 Å². The Morgan fingerprint density at radius 3 is 2.62 bits per heavy atom. The summed E-state index contributed by atoms with van der Waals surface area (Å²) in [5.41, 5.74) is 0.850. The van der Waals surface area contributed by atoms with Crippen LogP contribution in [0.5, 0.6) is 0 Å². The minimum atomic E-state index is -3.46. The van der Waals surface area contributed by atoms with Gasteiger partial charge in [0.25, 0.3) is 0 Å². The van der Waals surface area contributed by atoms with Gasteiger partial charge < -0.3 is 9.67 Å². The quantitative estimate of drug-likeness (QED) is 0.899. The standard InChI is InChI=1S/C17H22N2O4S/c1-13-4-10-19(11-5-13)24(22,23)15-2-3-16-14(12-15)6-8-18(16)9-7-17(20)21/h2-3,6,8,12-13H,4-5,7,9-11H2,1H3,(H,20,21). The molecule has 7 heteroatoms. The number of carbonyl (C=O) groups is 1. The van der Waals surface area contributed by atoms with E-state index in [4.69, 9.17) is 5.11 Å². The Morgan fingerprint density at radius 2 is 1.96 bits per heavy atom. The van der Waals surface area contributed by atoms with Gasteiger partial charge in [-0.3, -0.25) is 4.79 Å². The lowest BCUT2D eigenvalue weighted by Gasteiger charge is -2.29. The minimum Gasteiger partial charge on any atom is -0.481 e. The van der Waals surface area contributed by atoms with Crippen LogP contribution in [-0.2, 0) is 21.4 Å². The maximum atomic E-state index is 12.8. The Morgan fingerprint density at radius 1 is 1.25 bits per heavy atom. The molecule has 2 aromatic rings. The number of fused-ring (bicyclic) bond motifs is 1. The molecule has 3 rings (SSSR count). The van der Waals surface area contributed by atoms with Crippen LogP contribution in [0.1, 0.15) is 26.2 Å². The van der Waals surface area contributed by atoms with Crippen LogP contribution in [0.15, 0.2) is 35.4 Å². The second kappa shape index (κ2) is 6.57. The number of benzene rings is 1. The first-order valence-electron chi connectivity index (χ1n) is 8.19. The maximum absolute atomic E-state index is 12.8. The predicted octanol–water partition coefficient (Wildman–Crippen LogP) is 2.54. The number of carboxylic acid groups (broad SMARTS) is 1. The van der Waals surface area contributed by atoms with Gasteiger partial charge in [-0.1, -0.05) is 6.92 Å². The van der Waals surface area contributed by atoms with Crippen LogP contribution in [0.4, 0.5) is 0 Å². The molecule has 1 fully saturated rings. The summed E-state index contributed by atoms with van der Waals surface area (Å²) < 4.78 is 29.0. The molecule has 0 spiro atoms. The molecule has 0 amide bonds. The second-order valence-corrected chi connectivity index (χ2v) is 8.40. The van der Waals surface area contributed by atoms with Crippen molar-refractivity contribution in [2.75, 3.05) is 13.1 Å². The molecule has 0 aliphatic carbocycles. The average molecular weight is 350 g/mol. The summed E-state index contributed by atoms with van der Waals surface area (Å²) in [5, 5.41) is 9.61. The molecule has 1 aromatic heterocycles. The molecule has 1 N–H and O–H groups in total. The van der Waals surface area contributed by atoms with Gasteiger partial charge in [0.15, 0.2) is 0 Å². The van der Waals surface area contributed by atoms with Gasteiger partial charge in [-0.25, -0.2) is 8.42 Å². The molecule has 0 atom stereocenters. The Balaban J connectivity index is 1.86. The molecule has 2 heterocycles. The van der Waals surface area contributed by atoms with E-state index in [1.165, 1.54) is 0 Å². The van der Waals surface area contributed by atoms with Crippen LogP contribution in [-0.4, -0.2) is 41.5 Å². The Bertz CT molecular complexity index is 849. The van der Waals surface area contributed by atoms with Gasteiger partial charge in [-0.05, 0) is 43.0 Å². The normalized spacial score (nSPS) is 17.4. The summed E-state index contributed by atoms with van der Waals surface area (Å²) >= 11 is 0. The first-order valence-corrected chi connectivity index (χ1v) is 9.63. The van der Waals surface area contributed by atoms with Gasteiger partial charge in [0.05, 0.1) is 11.3 Å². The van der Waals surface area contributed by atoms with Crippen LogP contribution in [0.3, 0.4) is 0 Å². The van der Waals surface area contributed by atoms with Crippen molar-refractivity contribution in [3.63, 3.8) is 0 Å². The summed E-state index contributed by atoms with van der Waals surface area (Å²) in [6, 6.07) is 6.89. The number of sulfonamides is 1. The van der Waals surface area contributed by atoms with Gasteiger partial charge in [0.2, 0.25) is 10.0 Å². The molecule has 0 radical (unpaired) electrons. The third-order valence-corrected chi connectivity index (χ3v) is 6.58. The fourth-order valence-electron chi connectivity index (χ4n) is 3.12. The van der Waals surface area contributed by atoms with Gasteiger partial charge in [0, 0.05) is 36.7 Å². The fraction of sp³-hybridized carbons (Fsp3) is 0.471. The zero-order valence-corrected chi connectivity index (χ0v) is 14.5. The number of hydrogen-bond acceptors (Lipinski definition) is 3. The molecule has 1 aliphatic rings. The van der Waals surface area contributed by atoms with Crippen LogP contribution in [0.25, 0.3) is 10.9 Å². The molecule has 6 nitrogen and oxygen atoms in total. The van der Waals surface area contributed by atoms with Crippen LogP contribution in [0, 0.1) is 5.92 Å². The molecular weight excluding hydrogens is 328 g/mol. The van der Waals surface area contributed by atoms with E-state index in [1.807, 2.05) is 10.6 Å². The zero-order valence-electron chi connectivity index (χ0n) is 13.7. The van der Waals surface area contributed by atoms with E-state index >= 15 is 0 Å². The molecule has 130 valence electrons. The molecule has 24 heavy (non-hydrogen) atoms. The average Bonchev–Trinajstić information content (AvgIpc) is 2.95. The third kappa shape index (κ3) is 3.32. The summed E-state index contributed by atoms with van der Waals surface area (Å²) in [6.07, 6.45) is 3.63. The van der Waals surface area contributed by atoms with Crippen LogP contribution in [0.2, 0.25) is 0 Å². The summed E-state index contributed by atoms with van der Waals surface area (Å²) in [6.45, 7) is 3.66. The lowest BCUT2D eigenvalue weighted by atomic mass is 10.0. The van der Waals surface area contributed by atoms with Crippen LogP contribution >= 0.6 is 0 Å². The van der Waals surface area contributed by atoms with E-state index in [0.29, 0.717) is 30.4 Å². The number of rotatable bonds is 5. The van der Waals surface area contributed by atoms with Crippen molar-refractivity contribution < 1.29 is 18.3 Å². The topological polar surface area (TPSA) is 79.6 Å². The predicted molar refractivity (Wildman–Crippen MR) is 91.3 cm³/mol. The number of hydrogen-bond donors (Lipinski definition) is 1. The van der Waals surface area contributed by atoms with E-state index in [-0.39, 0.29) is 6.42 Å². The molecule has 0 bridgehead atoms. The lowest BCUT2D eigenvalue weighted by molar-refractivity contribution is -0.137. The number of aliphatic carboxylic acids is 1. The molecule has 1 aliphatic heterocycles. The van der Waals surface area contributed by atoms with E-state index in [9.17, 15) is 13.2 Å². The second-order valence-electron chi connectivity index (χ2n) is 6.46. The zero-order chi connectivity index (χ0) is 17.3. The smallest absolute Gasteiger partial charge is 0.305 e. The van der Waals surface area contributed by atoms with Crippen molar-refractivity contribution in [1.29, 1.82) is 0 Å². The van der Waals surface area contributed by atoms with Crippen molar-refractivity contribution in [3.05, 3.63) is 30.5 Å². The molecule has 1 saturated heterocycles. The number of piperidine rings is 1.